The lowest BCUT2D eigenvalue weighted by Gasteiger charge is -2.28. The normalized spacial score (nSPS) is 13.9. The molecule has 1 aromatic carbocycles. The van der Waals surface area contributed by atoms with Crippen molar-refractivity contribution in [2.75, 3.05) is 11.9 Å². The van der Waals surface area contributed by atoms with Crippen LogP contribution in [0.1, 0.15) is 44.0 Å². The van der Waals surface area contributed by atoms with Gasteiger partial charge < -0.3 is 10.0 Å². The summed E-state index contributed by atoms with van der Waals surface area (Å²) in [6, 6.07) is 6.49. The third-order valence-electron chi connectivity index (χ3n) is 4.89. The molecule has 0 fully saturated rings. The van der Waals surface area contributed by atoms with Gasteiger partial charge in [0.1, 0.15) is 11.4 Å². The van der Waals surface area contributed by atoms with Crippen molar-refractivity contribution in [2.45, 2.75) is 32.6 Å². The first kappa shape index (κ1) is 21.7. The van der Waals surface area contributed by atoms with Crippen molar-refractivity contribution in [3.63, 3.8) is 0 Å². The number of aromatic hydroxyl groups is 1. The van der Waals surface area contributed by atoms with Gasteiger partial charge in [0, 0.05) is 18.7 Å². The summed E-state index contributed by atoms with van der Waals surface area (Å²) < 4.78 is 39.6. The first-order chi connectivity index (χ1) is 15.2. The van der Waals surface area contributed by atoms with E-state index < -0.39 is 17.1 Å². The van der Waals surface area contributed by atoms with E-state index in [1.807, 2.05) is 0 Å². The molecule has 32 heavy (non-hydrogen) atoms. The van der Waals surface area contributed by atoms with Gasteiger partial charge >= 0.3 is 6.18 Å². The molecule has 0 unspecified atom stereocenters. The second-order valence-corrected chi connectivity index (χ2v) is 7.99. The van der Waals surface area contributed by atoms with Gasteiger partial charge in [-0.2, -0.15) is 18.3 Å². The molecule has 0 saturated carbocycles. The van der Waals surface area contributed by atoms with E-state index in [1.54, 1.807) is 24.0 Å². The molecule has 0 radical (unpaired) electrons. The molecule has 2 amide bonds. The number of carbonyl (C=O) groups excluding carboxylic acids is 2. The molecule has 1 aliphatic rings. The maximum Gasteiger partial charge on any atom is 0.445 e. The molecular weight excluding hydrogens is 449 g/mol. The van der Waals surface area contributed by atoms with Crippen molar-refractivity contribution in [2.24, 2.45) is 0 Å². The van der Waals surface area contributed by atoms with Gasteiger partial charge in [0.05, 0.1) is 6.54 Å². The van der Waals surface area contributed by atoms with Gasteiger partial charge in [0.15, 0.2) is 5.69 Å². The fraction of sp³-hybridized carbons (Fsp3) is 0.316. The molecule has 168 valence electrons. The van der Waals surface area contributed by atoms with Gasteiger partial charge in [-0.05, 0) is 24.1 Å². The fourth-order valence-electron chi connectivity index (χ4n) is 3.40. The van der Waals surface area contributed by atoms with Crippen molar-refractivity contribution in [1.82, 2.24) is 24.9 Å². The summed E-state index contributed by atoms with van der Waals surface area (Å²) in [4.78, 5) is 27.4. The number of carbonyl (C=O) groups is 2. The second-order valence-electron chi connectivity index (χ2n) is 7.01. The Morgan fingerprint density at radius 2 is 1.94 bits per heavy atom. The third kappa shape index (κ3) is 4.15. The van der Waals surface area contributed by atoms with Crippen molar-refractivity contribution in [1.29, 1.82) is 0 Å². The highest BCUT2D eigenvalue weighted by Gasteiger charge is 2.36. The molecule has 0 bridgehead atoms. The summed E-state index contributed by atoms with van der Waals surface area (Å²) in [5, 5.41) is 20.9. The van der Waals surface area contributed by atoms with E-state index in [0.29, 0.717) is 31.6 Å². The first-order valence-electron chi connectivity index (χ1n) is 9.56. The monoisotopic (exact) mass is 466 g/mol. The molecule has 0 aliphatic carbocycles. The molecule has 0 spiro atoms. The van der Waals surface area contributed by atoms with Crippen LogP contribution in [-0.4, -0.2) is 48.3 Å². The van der Waals surface area contributed by atoms with Gasteiger partial charge in [-0.1, -0.05) is 30.4 Å². The van der Waals surface area contributed by atoms with Crippen molar-refractivity contribution >= 4 is 28.3 Å². The molecule has 3 heterocycles. The summed E-state index contributed by atoms with van der Waals surface area (Å²) in [5.74, 6) is -0.937. The lowest BCUT2D eigenvalue weighted by atomic mass is 10.1. The summed E-state index contributed by atoms with van der Waals surface area (Å²) in [7, 11) is 0. The number of hydrogen-bond acceptors (Lipinski definition) is 7. The molecule has 2 N–H and O–H groups in total. The highest BCUT2D eigenvalue weighted by atomic mass is 32.1. The molecule has 1 aliphatic heterocycles. The largest absolute Gasteiger partial charge is 0.508 e. The number of phenolic OH excluding ortho intramolecular Hbond substituents is 1. The van der Waals surface area contributed by atoms with Crippen molar-refractivity contribution in [3.05, 3.63) is 51.8 Å². The average molecular weight is 466 g/mol. The summed E-state index contributed by atoms with van der Waals surface area (Å²) >= 11 is 0.208. The maximum absolute atomic E-state index is 13.1. The van der Waals surface area contributed by atoms with Gasteiger partial charge in [-0.15, -0.1) is 10.2 Å². The second kappa shape index (κ2) is 8.22. The van der Waals surface area contributed by atoms with E-state index in [9.17, 15) is 27.9 Å². The summed E-state index contributed by atoms with van der Waals surface area (Å²) in [5.41, 5.74) is 1.47. The number of alkyl halides is 3. The zero-order chi connectivity index (χ0) is 23.0. The van der Waals surface area contributed by atoms with Crippen LogP contribution in [0.2, 0.25) is 0 Å². The van der Waals surface area contributed by atoms with Crippen LogP contribution in [0.5, 0.6) is 5.75 Å². The number of anilines is 1. The number of phenols is 1. The molecule has 2 aromatic heterocycles. The van der Waals surface area contributed by atoms with Crippen molar-refractivity contribution < 1.29 is 27.9 Å². The van der Waals surface area contributed by atoms with Crippen LogP contribution in [0.3, 0.4) is 0 Å². The standard InChI is InChI=1S/C19H17F3N6O3S/c1-2-12-13(15(30)23-18-25-24-17(32-18)19(20,21)22)26-28-8-7-27(16(31)14(12)28)9-10-3-5-11(29)6-4-10/h3-6,29H,2,7-9H2,1H3,(H,23,25,30). The van der Waals surface area contributed by atoms with E-state index in [1.165, 1.54) is 16.8 Å². The predicted octanol–water partition coefficient (Wildman–Crippen LogP) is 2.93. The smallest absolute Gasteiger partial charge is 0.445 e. The Kier molecular flexibility index (Phi) is 5.59. The van der Waals surface area contributed by atoms with Gasteiger partial charge in [0.2, 0.25) is 10.1 Å². The number of rotatable bonds is 5. The van der Waals surface area contributed by atoms with E-state index in [0.717, 1.165) is 5.56 Å². The number of nitrogens with zero attached hydrogens (tertiary/aromatic N) is 5. The Bertz CT molecular complexity index is 1170. The topological polar surface area (TPSA) is 113 Å². The Balaban J connectivity index is 1.56. The van der Waals surface area contributed by atoms with Crippen LogP contribution >= 0.6 is 11.3 Å². The minimum absolute atomic E-state index is 0.0360. The number of benzene rings is 1. The van der Waals surface area contributed by atoms with Crippen LogP contribution < -0.4 is 5.32 Å². The lowest BCUT2D eigenvalue weighted by molar-refractivity contribution is -0.138. The van der Waals surface area contributed by atoms with Crippen LogP contribution in [0.15, 0.2) is 24.3 Å². The molecule has 13 heteroatoms. The van der Waals surface area contributed by atoms with Gasteiger partial charge in [0.25, 0.3) is 11.8 Å². The molecule has 9 nitrogen and oxygen atoms in total. The zero-order valence-electron chi connectivity index (χ0n) is 16.7. The van der Waals surface area contributed by atoms with E-state index in [2.05, 4.69) is 20.6 Å². The molecule has 3 aromatic rings. The van der Waals surface area contributed by atoms with Crippen LogP contribution in [0.4, 0.5) is 18.3 Å². The van der Waals surface area contributed by atoms with Crippen molar-refractivity contribution in [3.8, 4) is 5.75 Å². The average Bonchev–Trinajstić information content (AvgIpc) is 3.36. The van der Waals surface area contributed by atoms with Crippen LogP contribution in [0, 0.1) is 0 Å². The number of amides is 2. The lowest BCUT2D eigenvalue weighted by Crippen LogP contribution is -2.40. The van der Waals surface area contributed by atoms with Gasteiger partial charge in [-0.25, -0.2) is 0 Å². The minimum atomic E-state index is -4.66. The highest BCUT2D eigenvalue weighted by Crippen LogP contribution is 2.33. The number of aromatic nitrogens is 4. The number of hydrogen-bond donors (Lipinski definition) is 2. The molecular formula is C19H17F3N6O3S. The SMILES string of the molecule is CCc1c(C(=O)Nc2nnc(C(F)(F)F)s2)nn2c1C(=O)N(Cc1ccc(O)cc1)CC2. The number of nitrogens with one attached hydrogen (secondary N) is 1. The fourth-order valence-corrected chi connectivity index (χ4v) is 4.01. The molecule has 0 saturated heterocycles. The molecule has 4 rings (SSSR count). The quantitative estimate of drug-likeness (QED) is 0.598. The van der Waals surface area contributed by atoms with Crippen LogP contribution in [0.25, 0.3) is 0 Å². The van der Waals surface area contributed by atoms with Gasteiger partial charge in [-0.3, -0.25) is 19.6 Å². The summed E-state index contributed by atoms with van der Waals surface area (Å²) in [6.45, 7) is 2.80. The Hall–Kier alpha value is -3.48. The predicted molar refractivity (Wildman–Crippen MR) is 107 cm³/mol. The Morgan fingerprint density at radius 3 is 2.56 bits per heavy atom. The van der Waals surface area contributed by atoms with E-state index in [4.69, 9.17) is 0 Å². The number of fused-ring (bicyclic) bond motifs is 1. The zero-order valence-corrected chi connectivity index (χ0v) is 17.5. The molecule has 0 atom stereocenters. The number of halogens is 3. The van der Waals surface area contributed by atoms with E-state index >= 15 is 0 Å². The Morgan fingerprint density at radius 1 is 1.22 bits per heavy atom. The maximum atomic E-state index is 13.1. The minimum Gasteiger partial charge on any atom is -0.508 e. The third-order valence-corrected chi connectivity index (χ3v) is 5.77. The highest BCUT2D eigenvalue weighted by molar-refractivity contribution is 7.15. The summed E-state index contributed by atoms with van der Waals surface area (Å²) in [6.07, 6.45) is -4.34. The first-order valence-corrected chi connectivity index (χ1v) is 10.4. The Labute approximate surface area is 183 Å². The van der Waals surface area contributed by atoms with Crippen LogP contribution in [-0.2, 0) is 25.7 Å². The van der Waals surface area contributed by atoms with E-state index in [-0.39, 0.29) is 39.5 Å².